The number of hydrogen-bond donors (Lipinski definition) is 2. The van der Waals surface area contributed by atoms with Crippen LogP contribution in [0.25, 0.3) is 0 Å². The largest absolute Gasteiger partial charge is 0.333 e. The molecule has 0 unspecified atom stereocenters. The quantitative estimate of drug-likeness (QED) is 0.786. The summed E-state index contributed by atoms with van der Waals surface area (Å²) in [7, 11) is -3.43. The third kappa shape index (κ3) is 2.88. The van der Waals surface area contributed by atoms with Gasteiger partial charge in [0, 0.05) is 12.1 Å². The van der Waals surface area contributed by atoms with E-state index in [2.05, 4.69) is 12.2 Å². The first kappa shape index (κ1) is 15.5. The fraction of sp³-hybridized carbons (Fsp3) is 0.533. The first-order valence-corrected chi connectivity index (χ1v) is 9.21. The molecular weight excluding hydrogens is 302 g/mol. The van der Waals surface area contributed by atoms with Crippen molar-refractivity contribution in [2.75, 3.05) is 38.0 Å². The number of carbonyl (C=O) groups is 1. The van der Waals surface area contributed by atoms with E-state index in [1.807, 2.05) is 0 Å². The summed E-state index contributed by atoms with van der Waals surface area (Å²) in [5.41, 5.74) is 1.63. The lowest BCUT2D eigenvalue weighted by Crippen LogP contribution is -3.14. The summed E-state index contributed by atoms with van der Waals surface area (Å²) in [6.07, 6.45) is 1.01. The molecule has 6 nitrogen and oxygen atoms in total. The van der Waals surface area contributed by atoms with Crippen LogP contribution in [0.2, 0.25) is 0 Å². The molecule has 3 rings (SSSR count). The van der Waals surface area contributed by atoms with E-state index in [1.54, 1.807) is 22.5 Å². The predicted octanol–water partition coefficient (Wildman–Crippen LogP) is -0.520. The van der Waals surface area contributed by atoms with Crippen LogP contribution in [0.15, 0.2) is 23.1 Å². The fourth-order valence-corrected chi connectivity index (χ4v) is 4.56. The lowest BCUT2D eigenvalue weighted by atomic mass is 10.0. The van der Waals surface area contributed by atoms with E-state index in [1.165, 1.54) is 4.90 Å². The van der Waals surface area contributed by atoms with Crippen molar-refractivity contribution in [1.29, 1.82) is 0 Å². The van der Waals surface area contributed by atoms with Crippen molar-refractivity contribution >= 4 is 21.6 Å². The topological polar surface area (TPSA) is 70.9 Å². The molecule has 0 radical (unpaired) electrons. The van der Waals surface area contributed by atoms with Gasteiger partial charge in [-0.15, -0.1) is 0 Å². The molecule has 22 heavy (non-hydrogen) atoms. The molecule has 0 aromatic heterocycles. The Labute approximate surface area is 131 Å². The van der Waals surface area contributed by atoms with E-state index in [9.17, 15) is 13.2 Å². The zero-order valence-corrected chi connectivity index (χ0v) is 13.6. The van der Waals surface area contributed by atoms with Crippen LogP contribution in [-0.4, -0.2) is 51.4 Å². The molecule has 0 bridgehead atoms. The second-order valence-electron chi connectivity index (χ2n) is 5.87. The van der Waals surface area contributed by atoms with E-state index < -0.39 is 10.0 Å². The molecule has 1 fully saturated rings. The number of likely N-dealkylation sites (N-methyl/N-ethyl adjacent to an activating group) is 1. The van der Waals surface area contributed by atoms with E-state index in [-0.39, 0.29) is 5.91 Å². The number of sulfonamides is 1. The first-order chi connectivity index (χ1) is 10.5. The molecule has 2 N–H and O–H groups in total. The number of rotatable bonds is 3. The lowest BCUT2D eigenvalue weighted by Gasteiger charge is -2.31. The van der Waals surface area contributed by atoms with Crippen molar-refractivity contribution in [1.82, 2.24) is 4.31 Å². The van der Waals surface area contributed by atoms with Gasteiger partial charge in [-0.25, -0.2) is 8.42 Å². The minimum Gasteiger partial charge on any atom is -0.333 e. The Bertz CT molecular complexity index is 679. The van der Waals surface area contributed by atoms with E-state index in [0.29, 0.717) is 30.8 Å². The van der Waals surface area contributed by atoms with Gasteiger partial charge in [0.05, 0.1) is 37.6 Å². The van der Waals surface area contributed by atoms with Crippen LogP contribution in [0.1, 0.15) is 18.9 Å². The summed E-state index contributed by atoms with van der Waals surface area (Å²) in [5.74, 6) is -0.0123. The number of hydrogen-bond acceptors (Lipinski definition) is 3. The molecule has 2 heterocycles. The molecule has 1 amide bonds. The predicted molar refractivity (Wildman–Crippen MR) is 83.4 cm³/mol. The zero-order valence-electron chi connectivity index (χ0n) is 12.8. The van der Waals surface area contributed by atoms with Gasteiger partial charge < -0.3 is 10.2 Å². The van der Waals surface area contributed by atoms with Gasteiger partial charge in [0.2, 0.25) is 15.9 Å². The normalized spacial score (nSPS) is 20.5. The summed E-state index contributed by atoms with van der Waals surface area (Å²) in [5, 5.41) is 2.78. The molecule has 7 heteroatoms. The number of piperazine rings is 1. The maximum absolute atomic E-state index is 12.8. The van der Waals surface area contributed by atoms with E-state index in [0.717, 1.165) is 30.9 Å². The summed E-state index contributed by atoms with van der Waals surface area (Å²) < 4.78 is 27.1. The van der Waals surface area contributed by atoms with Gasteiger partial charge >= 0.3 is 0 Å². The summed E-state index contributed by atoms with van der Waals surface area (Å²) in [4.78, 5) is 13.2. The standard InChI is InChI=1S/C15H21N3O3S/c1-2-17-7-9-18(10-8-17)22(20,21)13-4-5-14-12(11-13)3-6-15(19)16-14/h4-5,11H,2-3,6-10H2,1H3,(H,16,19)/p+1. The van der Waals surface area contributed by atoms with Crippen molar-refractivity contribution in [3.63, 3.8) is 0 Å². The van der Waals surface area contributed by atoms with Crippen LogP contribution < -0.4 is 10.2 Å². The molecule has 120 valence electrons. The SMILES string of the molecule is CC[NH+]1CCN(S(=O)(=O)c2ccc3c(c2)CCC(=O)N3)CC1. The molecule has 2 aliphatic rings. The van der Waals surface area contributed by atoms with Crippen LogP contribution in [0.3, 0.4) is 0 Å². The monoisotopic (exact) mass is 324 g/mol. The van der Waals surface area contributed by atoms with Gasteiger partial charge in [-0.2, -0.15) is 4.31 Å². The average Bonchev–Trinajstić information content (AvgIpc) is 2.54. The van der Waals surface area contributed by atoms with Gasteiger partial charge in [0.15, 0.2) is 0 Å². The van der Waals surface area contributed by atoms with Gasteiger partial charge in [-0.3, -0.25) is 4.79 Å². The number of anilines is 1. The Morgan fingerprint density at radius 2 is 1.95 bits per heavy atom. The third-order valence-corrected chi connectivity index (χ3v) is 6.43. The number of nitrogens with one attached hydrogen (secondary N) is 2. The van der Waals surface area contributed by atoms with Crippen LogP contribution in [0, 0.1) is 0 Å². The maximum atomic E-state index is 12.8. The summed E-state index contributed by atoms with van der Waals surface area (Å²) in [6, 6.07) is 5.01. The molecule has 0 spiro atoms. The highest BCUT2D eigenvalue weighted by Gasteiger charge is 2.30. The highest BCUT2D eigenvalue weighted by atomic mass is 32.2. The molecule has 1 aromatic carbocycles. The molecule has 0 atom stereocenters. The van der Waals surface area contributed by atoms with Gasteiger partial charge in [0.25, 0.3) is 0 Å². The second-order valence-corrected chi connectivity index (χ2v) is 7.81. The Kier molecular flexibility index (Phi) is 4.20. The molecular formula is C15H22N3O3S+. The second kappa shape index (κ2) is 5.98. The Balaban J connectivity index is 1.82. The summed E-state index contributed by atoms with van der Waals surface area (Å²) in [6.45, 7) is 6.01. The fourth-order valence-electron chi connectivity index (χ4n) is 3.07. The Morgan fingerprint density at radius 3 is 2.64 bits per heavy atom. The van der Waals surface area contributed by atoms with Crippen molar-refractivity contribution < 1.29 is 18.1 Å². The van der Waals surface area contributed by atoms with Crippen molar-refractivity contribution in [2.45, 2.75) is 24.7 Å². The average molecular weight is 324 g/mol. The molecule has 1 saturated heterocycles. The van der Waals surface area contributed by atoms with Gasteiger partial charge in [-0.05, 0) is 37.1 Å². The minimum atomic E-state index is -3.43. The molecule has 0 saturated carbocycles. The van der Waals surface area contributed by atoms with Crippen molar-refractivity contribution in [2.24, 2.45) is 0 Å². The Hall–Kier alpha value is -1.44. The van der Waals surface area contributed by atoms with Gasteiger partial charge in [-0.1, -0.05) is 0 Å². The van der Waals surface area contributed by atoms with Crippen LogP contribution in [-0.2, 0) is 21.2 Å². The Morgan fingerprint density at radius 1 is 1.23 bits per heavy atom. The van der Waals surface area contributed by atoms with Gasteiger partial charge in [0.1, 0.15) is 0 Å². The third-order valence-electron chi connectivity index (χ3n) is 4.54. The number of fused-ring (bicyclic) bond motifs is 1. The van der Waals surface area contributed by atoms with Crippen LogP contribution in [0.5, 0.6) is 0 Å². The number of benzene rings is 1. The van der Waals surface area contributed by atoms with Crippen LogP contribution >= 0.6 is 0 Å². The summed E-state index contributed by atoms with van der Waals surface area (Å²) >= 11 is 0. The highest BCUT2D eigenvalue weighted by Crippen LogP contribution is 2.26. The van der Waals surface area contributed by atoms with E-state index in [4.69, 9.17) is 0 Å². The molecule has 2 aliphatic heterocycles. The number of quaternary nitrogens is 1. The highest BCUT2D eigenvalue weighted by molar-refractivity contribution is 7.89. The molecule has 1 aromatic rings. The lowest BCUT2D eigenvalue weighted by molar-refractivity contribution is -0.901. The molecule has 0 aliphatic carbocycles. The first-order valence-electron chi connectivity index (χ1n) is 7.77. The van der Waals surface area contributed by atoms with Crippen LogP contribution in [0.4, 0.5) is 5.69 Å². The maximum Gasteiger partial charge on any atom is 0.243 e. The van der Waals surface area contributed by atoms with Crippen molar-refractivity contribution in [3.8, 4) is 0 Å². The minimum absolute atomic E-state index is 0.0123. The van der Waals surface area contributed by atoms with E-state index >= 15 is 0 Å². The van der Waals surface area contributed by atoms with Crippen molar-refractivity contribution in [3.05, 3.63) is 23.8 Å². The zero-order chi connectivity index (χ0) is 15.7. The number of aryl methyl sites for hydroxylation is 1. The smallest absolute Gasteiger partial charge is 0.243 e. The number of carbonyl (C=O) groups excluding carboxylic acids is 1. The number of nitrogens with zero attached hydrogens (tertiary/aromatic N) is 1. The number of amides is 1.